The number of likely N-dealkylation sites (N-methyl/N-ethyl adjacent to an activating group) is 1. The molecule has 0 amide bonds. The van der Waals surface area contributed by atoms with E-state index in [1.54, 1.807) is 0 Å². The molecular weight excluding hydrogens is 274 g/mol. The molecule has 3 heteroatoms. The Balaban J connectivity index is 1.81. The van der Waals surface area contributed by atoms with E-state index in [2.05, 4.69) is 27.0 Å². The van der Waals surface area contributed by atoms with Gasteiger partial charge < -0.3 is 14.7 Å². The summed E-state index contributed by atoms with van der Waals surface area (Å²) in [5, 5.41) is 10.3. The second kappa shape index (κ2) is 8.54. The summed E-state index contributed by atoms with van der Waals surface area (Å²) in [6.07, 6.45) is 6.27. The van der Waals surface area contributed by atoms with Crippen molar-refractivity contribution < 1.29 is 14.7 Å². The number of nitrogens with one attached hydrogen (secondary N) is 1. The monoisotopic (exact) mass is 306 g/mol. The average Bonchev–Trinajstić information content (AvgIpc) is 2.54. The maximum absolute atomic E-state index is 10.3. The molecule has 0 spiro atoms. The number of rotatable bonds is 7. The minimum Gasteiger partial charge on any atom is -0.490 e. The van der Waals surface area contributed by atoms with Gasteiger partial charge in [0.05, 0.1) is 13.1 Å². The van der Waals surface area contributed by atoms with E-state index in [4.69, 9.17) is 4.74 Å². The van der Waals surface area contributed by atoms with E-state index in [-0.39, 0.29) is 0 Å². The molecule has 0 heterocycles. The maximum atomic E-state index is 10.3. The van der Waals surface area contributed by atoms with E-state index in [0.717, 1.165) is 12.3 Å². The van der Waals surface area contributed by atoms with Gasteiger partial charge in [0.15, 0.2) is 0 Å². The molecule has 2 N–H and O–H groups in total. The lowest BCUT2D eigenvalue weighted by Gasteiger charge is -2.29. The number of para-hydroxylation sites is 1. The third-order valence-electron chi connectivity index (χ3n) is 4.83. The van der Waals surface area contributed by atoms with Gasteiger partial charge in [0.25, 0.3) is 0 Å². The van der Waals surface area contributed by atoms with Gasteiger partial charge in [-0.2, -0.15) is 0 Å². The molecule has 124 valence electrons. The van der Waals surface area contributed by atoms with Crippen LogP contribution in [0.2, 0.25) is 0 Å². The molecule has 1 aliphatic rings. The molecule has 22 heavy (non-hydrogen) atoms. The second-order valence-electron chi connectivity index (χ2n) is 7.04. The number of hydrogen-bond donors (Lipinski definition) is 2. The van der Waals surface area contributed by atoms with Crippen LogP contribution < -0.4 is 9.64 Å². The molecule has 0 radical (unpaired) electrons. The third-order valence-corrected chi connectivity index (χ3v) is 4.83. The fraction of sp³-hybridized carbons (Fsp3) is 0.684. The van der Waals surface area contributed by atoms with Crippen molar-refractivity contribution in [3.8, 4) is 5.75 Å². The minimum atomic E-state index is -0.401. The van der Waals surface area contributed by atoms with Crippen molar-refractivity contribution in [2.24, 2.45) is 0 Å². The topological polar surface area (TPSA) is 33.9 Å². The van der Waals surface area contributed by atoms with Crippen molar-refractivity contribution in [2.75, 3.05) is 20.2 Å². The van der Waals surface area contributed by atoms with Crippen molar-refractivity contribution in [2.45, 2.75) is 64.0 Å². The fourth-order valence-corrected chi connectivity index (χ4v) is 3.47. The van der Waals surface area contributed by atoms with Gasteiger partial charge in [0.1, 0.15) is 25.0 Å². The Hall–Kier alpha value is -1.06. The van der Waals surface area contributed by atoms with Crippen LogP contribution in [-0.2, 0) is 0 Å². The Labute approximate surface area is 135 Å². The SMILES string of the molecule is CC(C)c1ccccc1OC[C@@H](O)C[NH+](C)C1CCCCC1. The van der Waals surface area contributed by atoms with Gasteiger partial charge in [-0.1, -0.05) is 38.5 Å². The molecule has 2 rings (SSSR count). The van der Waals surface area contributed by atoms with Crippen LogP contribution in [0.1, 0.15) is 57.4 Å². The summed E-state index contributed by atoms with van der Waals surface area (Å²) < 4.78 is 5.89. The third kappa shape index (κ3) is 4.99. The maximum Gasteiger partial charge on any atom is 0.137 e. The number of quaternary nitrogens is 1. The quantitative estimate of drug-likeness (QED) is 0.811. The molecule has 1 fully saturated rings. The zero-order valence-electron chi connectivity index (χ0n) is 14.3. The summed E-state index contributed by atoms with van der Waals surface area (Å²) in [4.78, 5) is 1.45. The first-order chi connectivity index (χ1) is 10.6. The van der Waals surface area contributed by atoms with Crippen LogP contribution in [0.5, 0.6) is 5.75 Å². The Morgan fingerprint density at radius 1 is 1.18 bits per heavy atom. The van der Waals surface area contributed by atoms with E-state index in [0.29, 0.717) is 18.6 Å². The number of aliphatic hydroxyl groups excluding tert-OH is 1. The highest BCUT2D eigenvalue weighted by Crippen LogP contribution is 2.25. The molecule has 0 aliphatic heterocycles. The van der Waals surface area contributed by atoms with Gasteiger partial charge in [-0.25, -0.2) is 0 Å². The van der Waals surface area contributed by atoms with E-state index in [1.807, 2.05) is 18.2 Å². The van der Waals surface area contributed by atoms with Crippen LogP contribution in [0.4, 0.5) is 0 Å². The number of aliphatic hydroxyl groups is 1. The molecule has 1 aliphatic carbocycles. The summed E-state index contributed by atoms with van der Waals surface area (Å²) in [6, 6.07) is 8.85. The van der Waals surface area contributed by atoms with Gasteiger partial charge >= 0.3 is 0 Å². The molecule has 3 nitrogen and oxygen atoms in total. The molecule has 0 aromatic heterocycles. The summed E-state index contributed by atoms with van der Waals surface area (Å²) in [6.45, 7) is 5.49. The molecule has 0 bridgehead atoms. The lowest BCUT2D eigenvalue weighted by Crippen LogP contribution is -3.14. The van der Waals surface area contributed by atoms with E-state index >= 15 is 0 Å². The molecule has 1 unspecified atom stereocenters. The number of benzene rings is 1. The lowest BCUT2D eigenvalue weighted by atomic mass is 9.94. The van der Waals surface area contributed by atoms with Crippen molar-refractivity contribution in [1.29, 1.82) is 0 Å². The summed E-state index contributed by atoms with van der Waals surface area (Å²) in [5.41, 5.74) is 1.21. The Morgan fingerprint density at radius 3 is 2.55 bits per heavy atom. The van der Waals surface area contributed by atoms with Crippen LogP contribution in [0, 0.1) is 0 Å². The van der Waals surface area contributed by atoms with Crippen LogP contribution in [0.25, 0.3) is 0 Å². The smallest absolute Gasteiger partial charge is 0.137 e. The Kier molecular flexibility index (Phi) is 6.71. The number of hydrogen-bond acceptors (Lipinski definition) is 2. The zero-order chi connectivity index (χ0) is 15.9. The van der Waals surface area contributed by atoms with Gasteiger partial charge in [-0.3, -0.25) is 0 Å². The molecule has 1 saturated carbocycles. The normalized spacial score (nSPS) is 19.1. The zero-order valence-corrected chi connectivity index (χ0v) is 14.3. The molecule has 2 atom stereocenters. The summed E-state index contributed by atoms with van der Waals surface area (Å²) in [7, 11) is 2.21. The van der Waals surface area contributed by atoms with E-state index in [9.17, 15) is 5.11 Å². The Bertz CT molecular complexity index is 441. The number of ether oxygens (including phenoxy) is 1. The first-order valence-electron chi connectivity index (χ1n) is 8.80. The van der Waals surface area contributed by atoms with Crippen molar-refractivity contribution in [3.05, 3.63) is 29.8 Å². The van der Waals surface area contributed by atoms with Crippen molar-refractivity contribution in [3.63, 3.8) is 0 Å². The minimum absolute atomic E-state index is 0.383. The van der Waals surface area contributed by atoms with Gasteiger partial charge in [-0.15, -0.1) is 0 Å². The van der Waals surface area contributed by atoms with E-state index in [1.165, 1.54) is 42.6 Å². The first kappa shape index (κ1) is 17.3. The predicted molar refractivity (Wildman–Crippen MR) is 90.7 cm³/mol. The van der Waals surface area contributed by atoms with Crippen LogP contribution in [0.3, 0.4) is 0 Å². The van der Waals surface area contributed by atoms with Crippen LogP contribution >= 0.6 is 0 Å². The van der Waals surface area contributed by atoms with Crippen molar-refractivity contribution >= 4 is 0 Å². The van der Waals surface area contributed by atoms with Crippen LogP contribution in [0.15, 0.2) is 24.3 Å². The summed E-state index contributed by atoms with van der Waals surface area (Å²) in [5.74, 6) is 1.34. The van der Waals surface area contributed by atoms with E-state index < -0.39 is 6.10 Å². The average molecular weight is 306 g/mol. The van der Waals surface area contributed by atoms with Gasteiger partial charge in [0, 0.05) is 0 Å². The first-order valence-corrected chi connectivity index (χ1v) is 8.80. The summed E-state index contributed by atoms with van der Waals surface area (Å²) >= 11 is 0. The van der Waals surface area contributed by atoms with Gasteiger partial charge in [-0.05, 0) is 43.2 Å². The Morgan fingerprint density at radius 2 is 1.86 bits per heavy atom. The highest BCUT2D eigenvalue weighted by atomic mass is 16.5. The highest BCUT2D eigenvalue weighted by molar-refractivity contribution is 5.35. The predicted octanol–water partition coefficient (Wildman–Crippen LogP) is 2.40. The van der Waals surface area contributed by atoms with Gasteiger partial charge in [0.2, 0.25) is 0 Å². The molecule has 1 aromatic carbocycles. The van der Waals surface area contributed by atoms with Crippen LogP contribution in [-0.4, -0.2) is 37.5 Å². The van der Waals surface area contributed by atoms with Crippen molar-refractivity contribution in [1.82, 2.24) is 0 Å². The molecule has 1 aromatic rings. The molecule has 0 saturated heterocycles. The fourth-order valence-electron chi connectivity index (χ4n) is 3.47. The largest absolute Gasteiger partial charge is 0.490 e. The highest BCUT2D eigenvalue weighted by Gasteiger charge is 2.23. The molecular formula is C19H32NO2+. The lowest BCUT2D eigenvalue weighted by molar-refractivity contribution is -0.910. The second-order valence-corrected chi connectivity index (χ2v) is 7.04. The standard InChI is InChI=1S/C19H31NO2/c1-15(2)18-11-7-8-12-19(18)22-14-17(21)13-20(3)16-9-5-4-6-10-16/h7-8,11-12,15-17,21H,4-6,9-10,13-14H2,1-3H3/p+1/t17-/m0/s1.